The van der Waals surface area contributed by atoms with Gasteiger partial charge in [-0.1, -0.05) is 42.5 Å². The first-order chi connectivity index (χ1) is 27.2. The Kier molecular flexibility index (Phi) is 11.0. The van der Waals surface area contributed by atoms with Gasteiger partial charge in [0.15, 0.2) is 11.6 Å². The fourth-order valence-corrected chi connectivity index (χ4v) is 9.06. The lowest BCUT2D eigenvalue weighted by molar-refractivity contribution is -0.120. The summed E-state index contributed by atoms with van der Waals surface area (Å²) in [5.74, 6) is 1.00. The molecule has 0 saturated carbocycles. The highest BCUT2D eigenvalue weighted by molar-refractivity contribution is 7.82. The molecule has 0 spiro atoms. The highest BCUT2D eigenvalue weighted by Gasteiger charge is 2.29. The molecule has 2 aromatic heterocycles. The predicted octanol–water partition coefficient (Wildman–Crippen LogP) is 6.06. The smallest absolute Gasteiger partial charge is 0.387 e. The Bertz CT molecular complexity index is 2220. The molecule has 1 unspecified atom stereocenters. The van der Waals surface area contributed by atoms with Crippen LogP contribution in [0.2, 0.25) is 0 Å². The zero-order chi connectivity index (χ0) is 38.8. The number of piperidine rings is 2. The Labute approximate surface area is 325 Å². The zero-order valence-electron chi connectivity index (χ0n) is 30.9. The number of imide groups is 1. The van der Waals surface area contributed by atoms with E-state index >= 15 is 0 Å². The summed E-state index contributed by atoms with van der Waals surface area (Å²) in [5.41, 5.74) is 5.59. The van der Waals surface area contributed by atoms with Crippen LogP contribution in [0.25, 0.3) is 22.0 Å². The van der Waals surface area contributed by atoms with E-state index in [4.69, 9.17) is 0 Å². The monoisotopic (exact) mass is 783 g/mol. The van der Waals surface area contributed by atoms with Crippen molar-refractivity contribution in [3.8, 4) is 16.9 Å². The first-order valence-electron chi connectivity index (χ1n) is 18.9. The van der Waals surface area contributed by atoms with Crippen molar-refractivity contribution in [2.45, 2.75) is 62.1 Å². The number of benzene rings is 3. The summed E-state index contributed by atoms with van der Waals surface area (Å²) < 4.78 is 46.5. The Hall–Kier alpha value is -5.32. The second kappa shape index (κ2) is 16.4. The van der Waals surface area contributed by atoms with Gasteiger partial charge in [-0.2, -0.15) is 13.9 Å². The van der Waals surface area contributed by atoms with E-state index in [9.17, 15) is 22.6 Å². The van der Waals surface area contributed by atoms with Gasteiger partial charge in [0.2, 0.25) is 11.9 Å². The first kappa shape index (κ1) is 37.6. The number of aromatic nitrogens is 4. The summed E-state index contributed by atoms with van der Waals surface area (Å²) in [6.45, 7) is 1.49. The second-order valence-electron chi connectivity index (χ2n) is 14.5. The summed E-state index contributed by atoms with van der Waals surface area (Å²) in [6.07, 6.45) is 6.25. The quantitative estimate of drug-likeness (QED) is 0.164. The number of likely N-dealkylation sites (tertiary alicyclic amines) is 1. The molecule has 0 bridgehead atoms. The van der Waals surface area contributed by atoms with Crippen LogP contribution in [-0.2, 0) is 29.4 Å². The number of halogens is 2. The minimum Gasteiger partial charge on any atom is -0.432 e. The molecule has 2 N–H and O–H groups in total. The fourth-order valence-electron chi connectivity index (χ4n) is 7.80. The molecule has 16 heteroatoms. The molecular weight excluding hydrogens is 741 g/mol. The van der Waals surface area contributed by atoms with Gasteiger partial charge in [0.05, 0.1) is 22.8 Å². The maximum atomic E-state index is 13.6. The van der Waals surface area contributed by atoms with Crippen molar-refractivity contribution >= 4 is 45.6 Å². The van der Waals surface area contributed by atoms with Crippen LogP contribution in [0.3, 0.4) is 0 Å². The third-order valence-corrected chi connectivity index (χ3v) is 12.3. The van der Waals surface area contributed by atoms with Crippen molar-refractivity contribution in [2.24, 2.45) is 7.05 Å². The number of anilines is 2. The molecule has 0 aliphatic carbocycles. The van der Waals surface area contributed by atoms with Gasteiger partial charge in [-0.15, -0.1) is 0 Å². The molecule has 8 rings (SSSR count). The number of nitrogens with one attached hydrogen (secondary N) is 2. The molecule has 3 amide bonds. The molecule has 3 aliphatic rings. The number of alkyl halides is 2. The number of rotatable bonds is 11. The Morgan fingerprint density at radius 2 is 1.66 bits per heavy atom. The van der Waals surface area contributed by atoms with Crippen LogP contribution in [0.15, 0.2) is 84.0 Å². The minimum atomic E-state index is -2.93. The van der Waals surface area contributed by atoms with E-state index in [1.807, 2.05) is 40.3 Å². The number of fused-ring (bicyclic) bond motifs is 1. The summed E-state index contributed by atoms with van der Waals surface area (Å²) in [4.78, 5) is 37.1. The van der Waals surface area contributed by atoms with Crippen LogP contribution in [-0.4, -0.2) is 90.5 Å². The molecule has 0 radical (unpaired) electrons. The van der Waals surface area contributed by atoms with Gasteiger partial charge in [0, 0.05) is 51.1 Å². The Morgan fingerprint density at radius 3 is 2.38 bits per heavy atom. The second-order valence-corrected chi connectivity index (χ2v) is 16.0. The van der Waals surface area contributed by atoms with E-state index in [1.165, 1.54) is 23.5 Å². The number of amides is 3. The van der Waals surface area contributed by atoms with E-state index in [-0.39, 0.29) is 24.1 Å². The summed E-state index contributed by atoms with van der Waals surface area (Å²) in [5, 5.41) is 11.2. The van der Waals surface area contributed by atoms with Crippen molar-refractivity contribution in [1.82, 2.24) is 34.3 Å². The number of aryl methyl sites for hydroxylation is 1. The van der Waals surface area contributed by atoms with Crippen LogP contribution in [0.1, 0.15) is 49.1 Å². The molecule has 292 valence electrons. The lowest BCUT2D eigenvalue weighted by Gasteiger charge is -2.32. The van der Waals surface area contributed by atoms with E-state index in [0.717, 1.165) is 72.2 Å². The average Bonchev–Trinajstić information content (AvgIpc) is 3.54. The molecule has 3 aromatic carbocycles. The van der Waals surface area contributed by atoms with Gasteiger partial charge in [0.25, 0.3) is 0 Å². The summed E-state index contributed by atoms with van der Waals surface area (Å²) >= 11 is 0. The van der Waals surface area contributed by atoms with E-state index in [2.05, 4.69) is 77.8 Å². The lowest BCUT2D eigenvalue weighted by Crippen LogP contribution is -2.49. The normalized spacial score (nSPS) is 18.4. The highest BCUT2D eigenvalue weighted by Crippen LogP contribution is 2.34. The molecule has 3 fully saturated rings. The van der Waals surface area contributed by atoms with Crippen molar-refractivity contribution in [3.05, 3.63) is 90.3 Å². The number of hydrogen-bond donors (Lipinski definition) is 2. The van der Waals surface area contributed by atoms with E-state index in [0.29, 0.717) is 37.3 Å². The van der Waals surface area contributed by atoms with Crippen LogP contribution < -0.4 is 20.3 Å². The van der Waals surface area contributed by atoms with Gasteiger partial charge in [-0.25, -0.2) is 23.3 Å². The van der Waals surface area contributed by atoms with Crippen LogP contribution in [0.4, 0.5) is 25.3 Å². The van der Waals surface area contributed by atoms with Crippen LogP contribution >= 0.6 is 0 Å². The van der Waals surface area contributed by atoms with E-state index < -0.39 is 23.6 Å². The lowest BCUT2D eigenvalue weighted by atomic mass is 9.88. The molecule has 1 atom stereocenters. The van der Waals surface area contributed by atoms with Gasteiger partial charge < -0.3 is 10.1 Å². The van der Waals surface area contributed by atoms with Crippen molar-refractivity contribution < 1.29 is 27.3 Å². The van der Waals surface area contributed by atoms with Gasteiger partial charge in [-0.3, -0.25) is 24.6 Å². The average molecular weight is 784 g/mol. The third kappa shape index (κ3) is 8.41. The van der Waals surface area contributed by atoms with Crippen LogP contribution in [0, 0.1) is 0 Å². The molecule has 5 heterocycles. The number of carbonyl (C=O) groups is 2. The molecule has 3 saturated heterocycles. The number of ether oxygens (including phenoxy) is 1. The van der Waals surface area contributed by atoms with Crippen molar-refractivity contribution in [3.63, 3.8) is 0 Å². The number of carbonyl (C=O) groups excluding carboxylic acids is 2. The Morgan fingerprint density at radius 1 is 0.911 bits per heavy atom. The largest absolute Gasteiger partial charge is 0.432 e. The van der Waals surface area contributed by atoms with Crippen molar-refractivity contribution in [2.75, 3.05) is 42.9 Å². The molecular formula is C40H43F2N9O4S. The number of hydrogen-bond acceptors (Lipinski definition) is 9. The minimum absolute atomic E-state index is 0.0750. The van der Waals surface area contributed by atoms with E-state index in [1.54, 1.807) is 4.90 Å². The molecule has 56 heavy (non-hydrogen) atoms. The fraction of sp³-hybridized carbons (Fsp3) is 0.375. The number of urea groups is 1. The molecule has 5 aromatic rings. The first-order valence-corrected chi connectivity index (χ1v) is 20.0. The van der Waals surface area contributed by atoms with Crippen LogP contribution in [0.5, 0.6) is 5.75 Å². The maximum Gasteiger partial charge on any atom is 0.387 e. The third-order valence-electron chi connectivity index (χ3n) is 10.8. The summed E-state index contributed by atoms with van der Waals surface area (Å²) in [7, 11) is 0.577. The standard InChI is InChI=1S/C40H43F2N9O4S/c1-48-35-22-30(9-10-34(35)37(47-48)51-20-15-36(52)46-40(51)53)28-11-16-49(17-12-28)25-26-5-7-27(8-6-26)29-3-2-4-33(21-29)56(54)50-18-13-31(14-19-50)45-39-43-23-32(24-44-39)55-38(41)42/h2-10,21-24,28,31,38H,11-20,25H2,1H3,(H,43,44,45)(H,46,52,53). The van der Waals surface area contributed by atoms with Gasteiger partial charge >= 0.3 is 12.6 Å². The maximum absolute atomic E-state index is 13.6. The molecule has 13 nitrogen and oxygen atoms in total. The topological polar surface area (TPSA) is 138 Å². The Balaban J connectivity index is 0.823. The van der Waals surface area contributed by atoms with Gasteiger partial charge in [0.1, 0.15) is 11.0 Å². The number of nitrogens with zero attached hydrogens (tertiary/aromatic N) is 7. The predicted molar refractivity (Wildman–Crippen MR) is 209 cm³/mol. The summed E-state index contributed by atoms with van der Waals surface area (Å²) in [6, 6.07) is 22.6. The molecule has 3 aliphatic heterocycles. The highest BCUT2D eigenvalue weighted by atomic mass is 32.2. The van der Waals surface area contributed by atoms with Gasteiger partial charge in [-0.05, 0) is 91.2 Å². The SMILES string of the molecule is Cn1nc(N2CCC(=O)NC2=O)c2ccc(C3CCN(Cc4ccc(-c5cccc(S(=O)N6CCC(Nc7ncc(OC(F)F)cn7)CC6)c5)cc4)CC3)cc21. The zero-order valence-corrected chi connectivity index (χ0v) is 31.8. The van der Waals surface area contributed by atoms with Crippen molar-refractivity contribution in [1.29, 1.82) is 0 Å².